The monoisotopic (exact) mass is 508 g/mol. The zero-order valence-electron chi connectivity index (χ0n) is 17.4. The number of halogens is 5. The van der Waals surface area contributed by atoms with Crippen LogP contribution < -0.4 is 4.90 Å². The molecule has 0 radical (unpaired) electrons. The standard InChI is InChI=1S/C19H17F5N4O3S2/c1-5-12(20)8-13(21)10(3)11-7-14(33(30,31)6-2)15(25-9-11)16(29)28(4)18-27-26-17(32-18)19(22,23)24/h5,7-9H,1,6H2,2-4H3/b12-8+,13-10-. The first-order valence-corrected chi connectivity index (χ1v) is 11.5. The second-order valence-electron chi connectivity index (χ2n) is 6.43. The minimum Gasteiger partial charge on any atom is -0.284 e. The predicted molar refractivity (Wildman–Crippen MR) is 113 cm³/mol. The van der Waals surface area contributed by atoms with E-state index in [4.69, 9.17) is 0 Å². The van der Waals surface area contributed by atoms with E-state index in [1.807, 2.05) is 0 Å². The van der Waals surface area contributed by atoms with E-state index in [1.54, 1.807) is 0 Å². The molecule has 2 rings (SSSR count). The van der Waals surface area contributed by atoms with Crippen molar-refractivity contribution in [3.05, 3.63) is 58.9 Å². The van der Waals surface area contributed by atoms with Crippen molar-refractivity contribution in [3.63, 3.8) is 0 Å². The van der Waals surface area contributed by atoms with Crippen molar-refractivity contribution >= 4 is 37.8 Å². The molecule has 0 aromatic carbocycles. The van der Waals surface area contributed by atoms with Crippen molar-refractivity contribution in [1.82, 2.24) is 15.2 Å². The van der Waals surface area contributed by atoms with Gasteiger partial charge in [-0.15, -0.1) is 10.2 Å². The van der Waals surface area contributed by atoms with Gasteiger partial charge < -0.3 is 0 Å². The molecule has 0 aliphatic rings. The summed E-state index contributed by atoms with van der Waals surface area (Å²) in [6.45, 7) is 5.70. The van der Waals surface area contributed by atoms with Gasteiger partial charge in [-0.05, 0) is 30.2 Å². The van der Waals surface area contributed by atoms with E-state index in [1.165, 1.54) is 13.8 Å². The highest BCUT2D eigenvalue weighted by Crippen LogP contribution is 2.34. The fourth-order valence-electron chi connectivity index (χ4n) is 2.34. The largest absolute Gasteiger partial charge is 0.445 e. The van der Waals surface area contributed by atoms with Crippen molar-refractivity contribution in [3.8, 4) is 0 Å². The molecule has 0 saturated heterocycles. The van der Waals surface area contributed by atoms with Crippen LogP contribution in [0.5, 0.6) is 0 Å². The Morgan fingerprint density at radius 3 is 2.42 bits per heavy atom. The highest BCUT2D eigenvalue weighted by molar-refractivity contribution is 7.91. The number of carbonyl (C=O) groups is 1. The van der Waals surface area contributed by atoms with Gasteiger partial charge in [0.15, 0.2) is 9.84 Å². The first kappa shape index (κ1) is 26.3. The SMILES string of the molecule is C=C/C(F)=C\C(F)=C(/C)c1cnc(C(=O)N(C)c2nnc(C(F)(F)F)s2)c(S(=O)(=O)CC)c1. The van der Waals surface area contributed by atoms with Crippen LogP contribution in [0, 0.1) is 0 Å². The molecule has 1 amide bonds. The number of rotatable bonds is 7. The lowest BCUT2D eigenvalue weighted by atomic mass is 10.1. The van der Waals surface area contributed by atoms with E-state index in [2.05, 4.69) is 21.8 Å². The fraction of sp³-hybridized carbons (Fsp3) is 0.263. The highest BCUT2D eigenvalue weighted by Gasteiger charge is 2.37. The van der Waals surface area contributed by atoms with Gasteiger partial charge in [-0.1, -0.05) is 24.8 Å². The molecular formula is C19H17F5N4O3S2. The zero-order valence-corrected chi connectivity index (χ0v) is 19.1. The average molecular weight is 508 g/mol. The Morgan fingerprint density at radius 1 is 1.27 bits per heavy atom. The van der Waals surface area contributed by atoms with Crippen LogP contribution in [0.2, 0.25) is 0 Å². The molecule has 0 atom stereocenters. The molecule has 178 valence electrons. The van der Waals surface area contributed by atoms with Crippen molar-refractivity contribution < 1.29 is 35.2 Å². The Morgan fingerprint density at radius 2 is 1.91 bits per heavy atom. The van der Waals surface area contributed by atoms with E-state index in [0.717, 1.165) is 25.4 Å². The van der Waals surface area contributed by atoms with E-state index >= 15 is 0 Å². The van der Waals surface area contributed by atoms with E-state index in [0.29, 0.717) is 11.0 Å². The maximum absolute atomic E-state index is 14.3. The molecule has 0 aliphatic heterocycles. The maximum atomic E-state index is 14.3. The molecule has 33 heavy (non-hydrogen) atoms. The molecule has 0 aliphatic carbocycles. The molecule has 0 fully saturated rings. The summed E-state index contributed by atoms with van der Waals surface area (Å²) in [5.41, 5.74) is -0.826. The molecule has 2 heterocycles. The summed E-state index contributed by atoms with van der Waals surface area (Å²) in [5.74, 6) is -3.52. The average Bonchev–Trinajstić information content (AvgIpc) is 3.28. The third kappa shape index (κ3) is 5.87. The van der Waals surface area contributed by atoms with Crippen molar-refractivity contribution in [2.75, 3.05) is 17.7 Å². The van der Waals surface area contributed by atoms with Gasteiger partial charge in [0.1, 0.15) is 17.3 Å². The smallest absolute Gasteiger partial charge is 0.284 e. The summed E-state index contributed by atoms with van der Waals surface area (Å²) in [5, 5.41) is 4.56. The van der Waals surface area contributed by atoms with Crippen molar-refractivity contribution in [2.45, 2.75) is 24.9 Å². The van der Waals surface area contributed by atoms with Gasteiger partial charge in [-0.2, -0.15) is 13.2 Å². The number of carbonyl (C=O) groups excluding carboxylic acids is 1. The second kappa shape index (κ2) is 9.87. The van der Waals surface area contributed by atoms with Gasteiger partial charge in [0.25, 0.3) is 5.91 Å². The van der Waals surface area contributed by atoms with E-state index < -0.39 is 60.1 Å². The lowest BCUT2D eigenvalue weighted by molar-refractivity contribution is -0.138. The Kier molecular flexibility index (Phi) is 7.85. The summed E-state index contributed by atoms with van der Waals surface area (Å²) < 4.78 is 91.2. The third-order valence-corrected chi connectivity index (χ3v) is 7.06. The fourth-order valence-corrected chi connectivity index (χ4v) is 4.06. The molecule has 7 nitrogen and oxygen atoms in total. The van der Waals surface area contributed by atoms with Gasteiger partial charge in [0.2, 0.25) is 10.1 Å². The molecule has 0 unspecified atom stereocenters. The third-order valence-electron chi connectivity index (χ3n) is 4.27. The highest BCUT2D eigenvalue weighted by atomic mass is 32.2. The van der Waals surface area contributed by atoms with Crippen LogP contribution in [0.4, 0.5) is 27.1 Å². The minimum absolute atomic E-state index is 0.0536. The van der Waals surface area contributed by atoms with Gasteiger partial charge in [0.05, 0.1) is 10.6 Å². The first-order valence-electron chi connectivity index (χ1n) is 9.00. The van der Waals surface area contributed by atoms with Crippen molar-refractivity contribution in [2.24, 2.45) is 0 Å². The number of amides is 1. The summed E-state index contributed by atoms with van der Waals surface area (Å²) in [6.07, 6.45) is -2.47. The van der Waals surface area contributed by atoms with Crippen LogP contribution in [-0.4, -0.2) is 42.3 Å². The second-order valence-corrected chi connectivity index (χ2v) is 9.63. The molecular weight excluding hydrogens is 491 g/mol. The Hall–Kier alpha value is -3.00. The quantitative estimate of drug-likeness (QED) is 0.396. The maximum Gasteiger partial charge on any atom is 0.445 e. The van der Waals surface area contributed by atoms with Crippen LogP contribution in [0.3, 0.4) is 0 Å². The number of alkyl halides is 3. The van der Waals surface area contributed by atoms with Crippen molar-refractivity contribution in [1.29, 1.82) is 0 Å². The number of nitrogens with zero attached hydrogens (tertiary/aromatic N) is 4. The van der Waals surface area contributed by atoms with E-state index in [9.17, 15) is 35.2 Å². The molecule has 0 spiro atoms. The first-order chi connectivity index (χ1) is 15.2. The number of allylic oxidation sites excluding steroid dienone is 5. The van der Waals surface area contributed by atoms with Crippen LogP contribution >= 0.6 is 11.3 Å². The topological polar surface area (TPSA) is 93.1 Å². The van der Waals surface area contributed by atoms with Crippen LogP contribution in [-0.2, 0) is 16.0 Å². The van der Waals surface area contributed by atoms with Gasteiger partial charge in [0, 0.05) is 19.3 Å². The molecule has 0 bridgehead atoms. The predicted octanol–water partition coefficient (Wildman–Crippen LogP) is 4.76. The van der Waals surface area contributed by atoms with Gasteiger partial charge in [-0.25, -0.2) is 22.2 Å². The minimum atomic E-state index is -4.77. The number of pyridine rings is 1. The number of hydrogen-bond donors (Lipinski definition) is 0. The Labute approximate surface area is 189 Å². The Balaban J connectivity index is 2.59. The lowest BCUT2D eigenvalue weighted by Gasteiger charge is -2.16. The normalized spacial score (nSPS) is 13.5. The summed E-state index contributed by atoms with van der Waals surface area (Å²) in [6, 6.07) is 0.989. The van der Waals surface area contributed by atoms with Crippen LogP contribution in [0.15, 0.2) is 47.5 Å². The summed E-state index contributed by atoms with van der Waals surface area (Å²) >= 11 is 0.0833. The summed E-state index contributed by atoms with van der Waals surface area (Å²) in [7, 11) is -3.01. The van der Waals surface area contributed by atoms with Crippen LogP contribution in [0.25, 0.3) is 5.57 Å². The number of aromatic nitrogens is 3. The van der Waals surface area contributed by atoms with Crippen LogP contribution in [0.1, 0.15) is 34.9 Å². The number of anilines is 1. The number of sulfone groups is 1. The summed E-state index contributed by atoms with van der Waals surface area (Å²) in [4.78, 5) is 16.8. The van der Waals surface area contributed by atoms with Gasteiger partial charge >= 0.3 is 6.18 Å². The molecule has 14 heteroatoms. The van der Waals surface area contributed by atoms with Gasteiger partial charge in [-0.3, -0.25) is 9.69 Å². The lowest BCUT2D eigenvalue weighted by Crippen LogP contribution is -2.29. The van der Waals surface area contributed by atoms with E-state index in [-0.39, 0.29) is 22.5 Å². The zero-order chi connectivity index (χ0) is 25.1. The molecule has 0 N–H and O–H groups in total. The molecule has 2 aromatic rings. The Bertz CT molecular complexity index is 1250. The number of hydrogen-bond acceptors (Lipinski definition) is 7. The molecule has 0 saturated carbocycles. The molecule has 2 aromatic heterocycles.